The molecule has 1 N–H and O–H groups in total. The fourth-order valence-electron chi connectivity index (χ4n) is 3.12. The number of halogens is 2. The Hall–Kier alpha value is -2.44. The van der Waals surface area contributed by atoms with Gasteiger partial charge >= 0.3 is 0 Å². The van der Waals surface area contributed by atoms with Gasteiger partial charge in [-0.15, -0.1) is 0 Å². The standard InChI is InChI=1S/C21H22Cl2N2O4/c1-13(21(27)24-2)25(11-15-3-6-16(22)17(23)9-15)20(26)8-5-14-4-7-18-19(10-14)29-12-28-18/h3-4,6-7,9-10,13H,5,8,11-12H2,1-2H3,(H,24,27)/t13-/m0/s1. The van der Waals surface area contributed by atoms with Crippen LogP contribution in [-0.2, 0) is 22.6 Å². The first kappa shape index (κ1) is 21.3. The van der Waals surface area contributed by atoms with Gasteiger partial charge in [-0.25, -0.2) is 0 Å². The van der Waals surface area contributed by atoms with Crippen molar-refractivity contribution in [2.75, 3.05) is 13.8 Å². The fraction of sp³-hybridized carbons (Fsp3) is 0.333. The van der Waals surface area contributed by atoms with Crippen molar-refractivity contribution in [3.05, 3.63) is 57.6 Å². The number of carbonyl (C=O) groups excluding carboxylic acids is 2. The van der Waals surface area contributed by atoms with Gasteiger partial charge in [0.2, 0.25) is 18.6 Å². The van der Waals surface area contributed by atoms with Gasteiger partial charge in [0.15, 0.2) is 11.5 Å². The highest BCUT2D eigenvalue weighted by molar-refractivity contribution is 6.42. The Labute approximate surface area is 179 Å². The molecule has 1 atom stereocenters. The lowest BCUT2D eigenvalue weighted by molar-refractivity contribution is -0.140. The second-order valence-electron chi connectivity index (χ2n) is 6.75. The molecule has 2 aromatic rings. The number of nitrogens with one attached hydrogen (secondary N) is 1. The molecule has 0 bridgehead atoms. The normalized spacial score (nSPS) is 13.1. The van der Waals surface area contributed by atoms with E-state index in [4.69, 9.17) is 32.7 Å². The number of benzene rings is 2. The second kappa shape index (κ2) is 9.37. The minimum atomic E-state index is -0.626. The predicted octanol–water partition coefficient (Wildman–Crippen LogP) is 3.82. The van der Waals surface area contributed by atoms with Crippen LogP contribution in [0.5, 0.6) is 11.5 Å². The van der Waals surface area contributed by atoms with Crippen molar-refractivity contribution in [3.8, 4) is 11.5 Å². The quantitative estimate of drug-likeness (QED) is 0.716. The van der Waals surface area contributed by atoms with Gasteiger partial charge in [-0.3, -0.25) is 9.59 Å². The van der Waals surface area contributed by atoms with Crippen LogP contribution in [0.25, 0.3) is 0 Å². The molecule has 3 rings (SSSR count). The molecule has 29 heavy (non-hydrogen) atoms. The molecule has 0 radical (unpaired) electrons. The lowest BCUT2D eigenvalue weighted by atomic mass is 10.1. The minimum Gasteiger partial charge on any atom is -0.454 e. The Morgan fingerprint density at radius 3 is 2.52 bits per heavy atom. The van der Waals surface area contributed by atoms with Crippen molar-refractivity contribution in [3.63, 3.8) is 0 Å². The van der Waals surface area contributed by atoms with Gasteiger partial charge in [0.05, 0.1) is 10.0 Å². The van der Waals surface area contributed by atoms with Crippen LogP contribution in [0.15, 0.2) is 36.4 Å². The first-order chi connectivity index (χ1) is 13.9. The summed E-state index contributed by atoms with van der Waals surface area (Å²) in [6.45, 7) is 2.17. The molecule has 6 nitrogen and oxygen atoms in total. The molecule has 2 aromatic carbocycles. The molecule has 0 saturated carbocycles. The van der Waals surface area contributed by atoms with Crippen molar-refractivity contribution in [2.24, 2.45) is 0 Å². The van der Waals surface area contributed by atoms with Crippen LogP contribution in [0.2, 0.25) is 10.0 Å². The molecule has 8 heteroatoms. The lowest BCUT2D eigenvalue weighted by Crippen LogP contribution is -2.46. The Morgan fingerprint density at radius 2 is 1.79 bits per heavy atom. The zero-order chi connectivity index (χ0) is 21.0. The molecule has 2 amide bonds. The number of fused-ring (bicyclic) bond motifs is 1. The Morgan fingerprint density at radius 1 is 1.07 bits per heavy atom. The Kier molecular flexibility index (Phi) is 6.87. The molecule has 0 aromatic heterocycles. The zero-order valence-electron chi connectivity index (χ0n) is 16.2. The van der Waals surface area contributed by atoms with Crippen LogP contribution in [-0.4, -0.2) is 36.6 Å². The third-order valence-corrected chi connectivity index (χ3v) is 5.55. The van der Waals surface area contributed by atoms with Crippen molar-refractivity contribution in [2.45, 2.75) is 32.4 Å². The SMILES string of the molecule is CNC(=O)[C@H](C)N(Cc1ccc(Cl)c(Cl)c1)C(=O)CCc1ccc2c(c1)OCO2. The van der Waals surface area contributed by atoms with Crippen LogP contribution >= 0.6 is 23.2 Å². The number of amides is 2. The van der Waals surface area contributed by atoms with E-state index in [2.05, 4.69) is 5.32 Å². The minimum absolute atomic E-state index is 0.134. The number of hydrogen-bond acceptors (Lipinski definition) is 4. The van der Waals surface area contributed by atoms with E-state index < -0.39 is 6.04 Å². The first-order valence-corrected chi connectivity index (χ1v) is 9.98. The van der Waals surface area contributed by atoms with Crippen LogP contribution in [0, 0.1) is 0 Å². The van der Waals surface area contributed by atoms with Crippen LogP contribution in [0.1, 0.15) is 24.5 Å². The summed E-state index contributed by atoms with van der Waals surface area (Å²) in [5.74, 6) is 1.02. The van der Waals surface area contributed by atoms with Gasteiger partial charge in [0.1, 0.15) is 6.04 Å². The van der Waals surface area contributed by atoms with Gasteiger partial charge in [0, 0.05) is 20.0 Å². The topological polar surface area (TPSA) is 67.9 Å². The van der Waals surface area contributed by atoms with E-state index in [0.29, 0.717) is 28.0 Å². The number of likely N-dealkylation sites (N-methyl/N-ethyl adjacent to an activating group) is 1. The molecule has 0 fully saturated rings. The zero-order valence-corrected chi connectivity index (χ0v) is 17.7. The fourth-order valence-corrected chi connectivity index (χ4v) is 3.44. The maximum absolute atomic E-state index is 13.0. The highest BCUT2D eigenvalue weighted by Crippen LogP contribution is 2.33. The Balaban J connectivity index is 1.72. The predicted molar refractivity (Wildman–Crippen MR) is 111 cm³/mol. The van der Waals surface area contributed by atoms with Crippen molar-refractivity contribution in [1.29, 1.82) is 0 Å². The summed E-state index contributed by atoms with van der Waals surface area (Å²) in [6.07, 6.45) is 0.774. The number of carbonyl (C=O) groups is 2. The lowest BCUT2D eigenvalue weighted by Gasteiger charge is -2.28. The van der Waals surface area contributed by atoms with Gasteiger partial charge < -0.3 is 19.7 Å². The summed E-state index contributed by atoms with van der Waals surface area (Å²) in [5.41, 5.74) is 1.76. The highest BCUT2D eigenvalue weighted by atomic mass is 35.5. The smallest absolute Gasteiger partial charge is 0.242 e. The maximum atomic E-state index is 13.0. The number of nitrogens with zero attached hydrogens (tertiary/aromatic N) is 1. The highest BCUT2D eigenvalue weighted by Gasteiger charge is 2.25. The number of rotatable bonds is 7. The summed E-state index contributed by atoms with van der Waals surface area (Å²) in [4.78, 5) is 26.7. The molecule has 1 aliphatic rings. The third kappa shape index (κ3) is 5.14. The molecular weight excluding hydrogens is 415 g/mol. The van der Waals surface area contributed by atoms with Crippen LogP contribution in [0.3, 0.4) is 0 Å². The third-order valence-electron chi connectivity index (χ3n) is 4.82. The van der Waals surface area contributed by atoms with Gasteiger partial charge in [0.25, 0.3) is 0 Å². The van der Waals surface area contributed by atoms with Crippen molar-refractivity contribution < 1.29 is 19.1 Å². The number of aryl methyl sites for hydroxylation is 1. The molecule has 0 saturated heterocycles. The molecule has 154 valence electrons. The number of ether oxygens (including phenoxy) is 2. The Bertz CT molecular complexity index is 920. The van der Waals surface area contributed by atoms with Gasteiger partial charge in [-0.2, -0.15) is 0 Å². The van der Waals surface area contributed by atoms with E-state index in [-0.39, 0.29) is 31.6 Å². The van der Waals surface area contributed by atoms with Crippen molar-refractivity contribution >= 4 is 35.0 Å². The van der Waals surface area contributed by atoms with E-state index in [1.54, 1.807) is 37.1 Å². The van der Waals surface area contributed by atoms with Crippen LogP contribution < -0.4 is 14.8 Å². The molecule has 1 heterocycles. The largest absolute Gasteiger partial charge is 0.454 e. The van der Waals surface area contributed by atoms with E-state index in [9.17, 15) is 9.59 Å². The average molecular weight is 437 g/mol. The molecule has 0 spiro atoms. The van der Waals surface area contributed by atoms with E-state index >= 15 is 0 Å². The summed E-state index contributed by atoms with van der Waals surface area (Å²) in [5, 5.41) is 3.45. The van der Waals surface area contributed by atoms with E-state index in [1.165, 1.54) is 0 Å². The first-order valence-electron chi connectivity index (χ1n) is 9.22. The molecule has 1 aliphatic heterocycles. The molecule has 0 aliphatic carbocycles. The summed E-state index contributed by atoms with van der Waals surface area (Å²) in [7, 11) is 1.55. The van der Waals surface area contributed by atoms with Gasteiger partial charge in [-0.1, -0.05) is 35.3 Å². The summed E-state index contributed by atoms with van der Waals surface area (Å²) < 4.78 is 10.7. The maximum Gasteiger partial charge on any atom is 0.242 e. The summed E-state index contributed by atoms with van der Waals surface area (Å²) >= 11 is 12.1. The van der Waals surface area contributed by atoms with Gasteiger partial charge in [-0.05, 0) is 48.7 Å². The van der Waals surface area contributed by atoms with Crippen molar-refractivity contribution in [1.82, 2.24) is 10.2 Å². The second-order valence-corrected chi connectivity index (χ2v) is 7.56. The number of hydrogen-bond donors (Lipinski definition) is 1. The molecular formula is C21H22Cl2N2O4. The van der Waals surface area contributed by atoms with E-state index in [0.717, 1.165) is 11.1 Å². The molecule has 0 unspecified atom stereocenters. The average Bonchev–Trinajstić information content (AvgIpc) is 3.19. The summed E-state index contributed by atoms with van der Waals surface area (Å²) in [6, 6.07) is 10.2. The van der Waals surface area contributed by atoms with Crippen LogP contribution in [0.4, 0.5) is 0 Å². The monoisotopic (exact) mass is 436 g/mol. The van der Waals surface area contributed by atoms with E-state index in [1.807, 2.05) is 18.2 Å².